The summed E-state index contributed by atoms with van der Waals surface area (Å²) in [5.74, 6) is 0.264. The van der Waals surface area contributed by atoms with Crippen molar-refractivity contribution < 1.29 is 22.7 Å². The van der Waals surface area contributed by atoms with Gasteiger partial charge in [-0.15, -0.1) is 0 Å². The zero-order valence-electron chi connectivity index (χ0n) is 16.5. The first-order valence-corrected chi connectivity index (χ1v) is 9.77. The number of aromatic nitrogens is 1. The monoisotopic (exact) mass is 427 g/mol. The van der Waals surface area contributed by atoms with Crippen molar-refractivity contribution in [1.29, 1.82) is 0 Å². The van der Waals surface area contributed by atoms with E-state index in [9.17, 15) is 18.0 Å². The number of nitrogens with zero attached hydrogens (tertiary/aromatic N) is 2. The lowest BCUT2D eigenvalue weighted by molar-refractivity contribution is -0.137. The zero-order chi connectivity index (χ0) is 22.0. The van der Waals surface area contributed by atoms with Gasteiger partial charge in [-0.2, -0.15) is 13.2 Å². The van der Waals surface area contributed by atoms with Crippen molar-refractivity contribution in [3.63, 3.8) is 0 Å². The van der Waals surface area contributed by atoms with Crippen LogP contribution < -0.4 is 10.5 Å². The molecule has 160 valence electrons. The van der Waals surface area contributed by atoms with Crippen molar-refractivity contribution in [2.75, 3.05) is 13.1 Å². The van der Waals surface area contributed by atoms with Gasteiger partial charge in [0.05, 0.1) is 11.3 Å². The number of alkyl halides is 3. The summed E-state index contributed by atoms with van der Waals surface area (Å²) in [5.41, 5.74) is 6.58. The van der Waals surface area contributed by atoms with Crippen molar-refractivity contribution in [3.05, 3.63) is 77.5 Å². The Morgan fingerprint density at radius 3 is 2.42 bits per heavy atom. The highest BCUT2D eigenvalue weighted by atomic mass is 19.4. The Labute approximate surface area is 177 Å². The van der Waals surface area contributed by atoms with Crippen LogP contribution in [0.5, 0.6) is 11.5 Å². The number of primary amides is 1. The van der Waals surface area contributed by atoms with E-state index in [1.165, 1.54) is 12.1 Å². The third-order valence-corrected chi connectivity index (χ3v) is 5.11. The summed E-state index contributed by atoms with van der Waals surface area (Å²) in [6.07, 6.45) is -3.36. The van der Waals surface area contributed by atoms with E-state index in [1.54, 1.807) is 36.4 Å². The number of ether oxygens (including phenoxy) is 1. The number of benzene rings is 2. The molecule has 2 heterocycles. The van der Waals surface area contributed by atoms with Crippen LogP contribution in [-0.2, 0) is 12.7 Å². The lowest BCUT2D eigenvalue weighted by Gasteiger charge is -2.31. The summed E-state index contributed by atoms with van der Waals surface area (Å²) < 4.78 is 45.4. The van der Waals surface area contributed by atoms with Crippen LogP contribution in [0.3, 0.4) is 0 Å². The van der Waals surface area contributed by atoms with Crippen molar-refractivity contribution in [3.8, 4) is 22.8 Å². The predicted molar refractivity (Wildman–Crippen MR) is 110 cm³/mol. The second-order valence-electron chi connectivity index (χ2n) is 7.35. The number of rotatable bonds is 6. The Kier molecular flexibility index (Phi) is 5.65. The fraction of sp³-hybridized carbons (Fsp3) is 0.217. The Hall–Kier alpha value is -3.39. The molecule has 1 aromatic heterocycles. The molecule has 1 fully saturated rings. The summed E-state index contributed by atoms with van der Waals surface area (Å²) in [6, 6.07) is 15.5. The van der Waals surface area contributed by atoms with Crippen molar-refractivity contribution >= 4 is 5.91 Å². The predicted octanol–water partition coefficient (Wildman–Crippen LogP) is 4.86. The molecular weight excluding hydrogens is 407 g/mol. The average Bonchev–Trinajstić information content (AvgIpc) is 2.71. The zero-order valence-corrected chi connectivity index (χ0v) is 16.5. The van der Waals surface area contributed by atoms with E-state index < -0.39 is 17.6 Å². The van der Waals surface area contributed by atoms with Gasteiger partial charge >= 0.3 is 6.18 Å². The van der Waals surface area contributed by atoms with Crippen LogP contribution >= 0.6 is 0 Å². The largest absolute Gasteiger partial charge is 0.457 e. The Balaban J connectivity index is 1.57. The molecule has 0 aliphatic carbocycles. The number of halogens is 3. The highest BCUT2D eigenvalue weighted by Gasteiger charge is 2.31. The van der Waals surface area contributed by atoms with Crippen LogP contribution in [0.4, 0.5) is 13.2 Å². The van der Waals surface area contributed by atoms with E-state index in [0.29, 0.717) is 29.3 Å². The van der Waals surface area contributed by atoms with Gasteiger partial charge in [0.25, 0.3) is 5.91 Å². The Bertz CT molecular complexity index is 1090. The summed E-state index contributed by atoms with van der Waals surface area (Å²) in [4.78, 5) is 17.6. The number of hydrogen-bond donors (Lipinski definition) is 1. The quantitative estimate of drug-likeness (QED) is 0.610. The molecule has 0 atom stereocenters. The van der Waals surface area contributed by atoms with Crippen LogP contribution in [0.15, 0.2) is 60.7 Å². The maximum absolute atomic E-state index is 13.2. The molecule has 0 bridgehead atoms. The molecule has 2 N–H and O–H groups in total. The van der Waals surface area contributed by atoms with Crippen LogP contribution in [0.2, 0.25) is 0 Å². The maximum Gasteiger partial charge on any atom is 0.416 e. The normalized spacial score (nSPS) is 14.2. The molecule has 3 aromatic rings. The lowest BCUT2D eigenvalue weighted by Crippen LogP contribution is -2.36. The number of pyridine rings is 1. The molecule has 8 heteroatoms. The number of nitrogens with two attached hydrogens (primary N) is 1. The van der Waals surface area contributed by atoms with E-state index >= 15 is 0 Å². The third-order valence-electron chi connectivity index (χ3n) is 5.11. The lowest BCUT2D eigenvalue weighted by atomic mass is 10.1. The van der Waals surface area contributed by atoms with Gasteiger partial charge in [-0.05, 0) is 74.1 Å². The van der Waals surface area contributed by atoms with Crippen LogP contribution in [0, 0.1) is 0 Å². The standard InChI is InChI=1S/C23H20F3N3O2/c24-23(25,26)17-7-10-21(16(13-17)14-29-11-2-12-29)31-18-8-5-15(6-9-18)19-3-1-4-20(28-19)22(27)30/h1,3-10,13H,2,11-12,14H2,(H2,27,30). The number of likely N-dealkylation sites (tertiary alicyclic amines) is 1. The molecule has 2 aromatic carbocycles. The van der Waals surface area contributed by atoms with E-state index in [2.05, 4.69) is 9.88 Å². The summed E-state index contributed by atoms with van der Waals surface area (Å²) in [7, 11) is 0. The molecule has 0 unspecified atom stereocenters. The SMILES string of the molecule is NC(=O)c1cccc(-c2ccc(Oc3ccc(C(F)(F)F)cc3CN3CCC3)cc2)n1. The van der Waals surface area contributed by atoms with Crippen molar-refractivity contribution in [2.24, 2.45) is 5.73 Å². The van der Waals surface area contributed by atoms with Crippen LogP contribution in [0.25, 0.3) is 11.3 Å². The molecular formula is C23H20F3N3O2. The first-order valence-electron chi connectivity index (χ1n) is 9.77. The highest BCUT2D eigenvalue weighted by molar-refractivity contribution is 5.91. The fourth-order valence-electron chi connectivity index (χ4n) is 3.31. The number of carbonyl (C=O) groups is 1. The van der Waals surface area contributed by atoms with Gasteiger partial charge in [0.15, 0.2) is 0 Å². The summed E-state index contributed by atoms with van der Waals surface area (Å²) in [5, 5.41) is 0. The van der Waals surface area contributed by atoms with Crippen molar-refractivity contribution in [2.45, 2.75) is 19.1 Å². The minimum atomic E-state index is -4.41. The number of hydrogen-bond acceptors (Lipinski definition) is 4. The summed E-state index contributed by atoms with van der Waals surface area (Å²) >= 11 is 0. The first-order chi connectivity index (χ1) is 14.8. The smallest absolute Gasteiger partial charge is 0.416 e. The Morgan fingerprint density at radius 2 is 1.81 bits per heavy atom. The molecule has 1 saturated heterocycles. The minimum Gasteiger partial charge on any atom is -0.457 e. The second kappa shape index (κ2) is 8.39. The number of carbonyl (C=O) groups excluding carboxylic acids is 1. The summed E-state index contributed by atoms with van der Waals surface area (Å²) in [6.45, 7) is 2.13. The van der Waals surface area contributed by atoms with Gasteiger partial charge < -0.3 is 10.5 Å². The minimum absolute atomic E-state index is 0.165. The average molecular weight is 427 g/mol. The van der Waals surface area contributed by atoms with Crippen molar-refractivity contribution in [1.82, 2.24) is 9.88 Å². The van der Waals surface area contributed by atoms with Crippen LogP contribution in [-0.4, -0.2) is 28.9 Å². The Morgan fingerprint density at radius 1 is 1.06 bits per heavy atom. The molecule has 31 heavy (non-hydrogen) atoms. The van der Waals surface area contributed by atoms with E-state index in [-0.39, 0.29) is 5.69 Å². The third kappa shape index (κ3) is 4.86. The van der Waals surface area contributed by atoms with E-state index in [0.717, 1.165) is 37.2 Å². The van der Waals surface area contributed by atoms with Gasteiger partial charge in [0.2, 0.25) is 0 Å². The second-order valence-corrected chi connectivity index (χ2v) is 7.35. The van der Waals surface area contributed by atoms with E-state index in [1.807, 2.05) is 0 Å². The van der Waals surface area contributed by atoms with Gasteiger partial charge in [-0.3, -0.25) is 9.69 Å². The van der Waals surface area contributed by atoms with Crippen LogP contribution in [0.1, 0.15) is 28.0 Å². The topological polar surface area (TPSA) is 68.5 Å². The van der Waals surface area contributed by atoms with Gasteiger partial charge in [-0.1, -0.05) is 6.07 Å². The van der Waals surface area contributed by atoms with E-state index in [4.69, 9.17) is 10.5 Å². The fourth-order valence-corrected chi connectivity index (χ4v) is 3.31. The maximum atomic E-state index is 13.2. The highest BCUT2D eigenvalue weighted by Crippen LogP contribution is 2.35. The molecule has 1 aliphatic heterocycles. The molecule has 0 radical (unpaired) electrons. The molecule has 5 nitrogen and oxygen atoms in total. The molecule has 1 amide bonds. The van der Waals surface area contributed by atoms with Gasteiger partial charge in [0.1, 0.15) is 17.2 Å². The molecule has 0 saturated carbocycles. The van der Waals surface area contributed by atoms with Gasteiger partial charge in [-0.25, -0.2) is 4.98 Å². The molecule has 1 aliphatic rings. The first kappa shape index (κ1) is 20.9. The van der Waals surface area contributed by atoms with Gasteiger partial charge in [0, 0.05) is 17.7 Å². The molecule has 0 spiro atoms. The number of amides is 1. The molecule has 4 rings (SSSR count).